The van der Waals surface area contributed by atoms with E-state index in [1.165, 1.54) is 51.4 Å². The highest BCUT2D eigenvalue weighted by Crippen LogP contribution is 2.09. The highest BCUT2D eigenvalue weighted by molar-refractivity contribution is 4.63. The molecule has 0 aliphatic rings. The van der Waals surface area contributed by atoms with E-state index >= 15 is 0 Å². The standard InChI is InChI=1S/C16H35NO2/c1-3-5-6-7-8-9-10-11-12-17(13-14-18)15-16(19)4-2/h16,18-19H,3-15H2,1-2H3. The first-order valence-electron chi connectivity index (χ1n) is 8.25. The van der Waals surface area contributed by atoms with E-state index in [9.17, 15) is 5.11 Å². The third-order valence-corrected chi connectivity index (χ3v) is 3.68. The van der Waals surface area contributed by atoms with Crippen molar-refractivity contribution >= 4 is 0 Å². The van der Waals surface area contributed by atoms with Crippen LogP contribution in [-0.2, 0) is 0 Å². The smallest absolute Gasteiger partial charge is 0.0664 e. The molecule has 0 amide bonds. The Kier molecular flexibility index (Phi) is 14.2. The molecule has 3 nitrogen and oxygen atoms in total. The van der Waals surface area contributed by atoms with Gasteiger partial charge in [-0.3, -0.25) is 4.90 Å². The highest BCUT2D eigenvalue weighted by atomic mass is 16.3. The maximum Gasteiger partial charge on any atom is 0.0664 e. The normalized spacial score (nSPS) is 13.1. The minimum atomic E-state index is -0.249. The van der Waals surface area contributed by atoms with Gasteiger partial charge in [-0.25, -0.2) is 0 Å². The summed E-state index contributed by atoms with van der Waals surface area (Å²) in [5, 5.41) is 18.7. The fourth-order valence-corrected chi connectivity index (χ4v) is 2.33. The summed E-state index contributed by atoms with van der Waals surface area (Å²) in [6.07, 6.45) is 11.1. The molecule has 0 saturated heterocycles. The van der Waals surface area contributed by atoms with Crippen LogP contribution in [0.2, 0.25) is 0 Å². The Labute approximate surface area is 120 Å². The predicted molar refractivity (Wildman–Crippen MR) is 82.4 cm³/mol. The topological polar surface area (TPSA) is 43.7 Å². The molecule has 0 saturated carbocycles. The van der Waals surface area contributed by atoms with Crippen LogP contribution in [0.25, 0.3) is 0 Å². The molecule has 0 fully saturated rings. The summed E-state index contributed by atoms with van der Waals surface area (Å²) in [6, 6.07) is 0. The minimum absolute atomic E-state index is 0.188. The summed E-state index contributed by atoms with van der Waals surface area (Å²) in [5.74, 6) is 0. The molecule has 19 heavy (non-hydrogen) atoms. The van der Waals surface area contributed by atoms with Crippen molar-refractivity contribution in [2.24, 2.45) is 0 Å². The van der Waals surface area contributed by atoms with Crippen molar-refractivity contribution in [2.45, 2.75) is 77.7 Å². The van der Waals surface area contributed by atoms with Gasteiger partial charge in [-0.05, 0) is 19.4 Å². The molecule has 1 unspecified atom stereocenters. The van der Waals surface area contributed by atoms with Crippen LogP contribution < -0.4 is 0 Å². The zero-order valence-electron chi connectivity index (χ0n) is 13.1. The van der Waals surface area contributed by atoms with E-state index in [1.807, 2.05) is 6.92 Å². The number of unbranched alkanes of at least 4 members (excludes halogenated alkanes) is 7. The van der Waals surface area contributed by atoms with Crippen molar-refractivity contribution in [3.05, 3.63) is 0 Å². The van der Waals surface area contributed by atoms with Gasteiger partial charge in [0.2, 0.25) is 0 Å². The third kappa shape index (κ3) is 12.6. The van der Waals surface area contributed by atoms with Crippen molar-refractivity contribution in [2.75, 3.05) is 26.2 Å². The van der Waals surface area contributed by atoms with Gasteiger partial charge in [-0.2, -0.15) is 0 Å². The van der Waals surface area contributed by atoms with Gasteiger partial charge in [-0.1, -0.05) is 58.8 Å². The minimum Gasteiger partial charge on any atom is -0.395 e. The molecule has 0 aromatic carbocycles. The second-order valence-corrected chi connectivity index (χ2v) is 5.56. The number of nitrogens with zero attached hydrogens (tertiary/aromatic N) is 1. The van der Waals surface area contributed by atoms with Crippen molar-refractivity contribution in [1.29, 1.82) is 0 Å². The van der Waals surface area contributed by atoms with Crippen LogP contribution in [0.5, 0.6) is 0 Å². The molecule has 0 aromatic heterocycles. The van der Waals surface area contributed by atoms with E-state index in [0.29, 0.717) is 13.1 Å². The Hall–Kier alpha value is -0.120. The second kappa shape index (κ2) is 14.3. The van der Waals surface area contributed by atoms with Crippen LogP contribution in [0, 0.1) is 0 Å². The summed E-state index contributed by atoms with van der Waals surface area (Å²) in [7, 11) is 0. The fraction of sp³-hybridized carbons (Fsp3) is 1.00. The van der Waals surface area contributed by atoms with Crippen LogP contribution >= 0.6 is 0 Å². The molecule has 0 rings (SSSR count). The maximum absolute atomic E-state index is 9.65. The average molecular weight is 273 g/mol. The lowest BCUT2D eigenvalue weighted by Gasteiger charge is -2.23. The van der Waals surface area contributed by atoms with Gasteiger partial charge in [0.15, 0.2) is 0 Å². The second-order valence-electron chi connectivity index (χ2n) is 5.56. The van der Waals surface area contributed by atoms with Crippen molar-refractivity contribution in [3.8, 4) is 0 Å². The van der Waals surface area contributed by atoms with E-state index < -0.39 is 0 Å². The van der Waals surface area contributed by atoms with Crippen LogP contribution in [-0.4, -0.2) is 47.5 Å². The van der Waals surface area contributed by atoms with Crippen molar-refractivity contribution in [3.63, 3.8) is 0 Å². The summed E-state index contributed by atoms with van der Waals surface area (Å²) >= 11 is 0. The van der Waals surface area contributed by atoms with Gasteiger partial charge >= 0.3 is 0 Å². The summed E-state index contributed by atoms with van der Waals surface area (Å²) in [6.45, 7) is 6.83. The SMILES string of the molecule is CCCCCCCCCCN(CCO)CC(O)CC. The number of aliphatic hydroxyl groups is 2. The zero-order valence-corrected chi connectivity index (χ0v) is 13.1. The largest absolute Gasteiger partial charge is 0.395 e. The molecule has 3 heteroatoms. The van der Waals surface area contributed by atoms with E-state index in [1.54, 1.807) is 0 Å². The summed E-state index contributed by atoms with van der Waals surface area (Å²) in [5.41, 5.74) is 0. The van der Waals surface area contributed by atoms with Crippen LogP contribution in [0.1, 0.15) is 71.6 Å². The fourth-order valence-electron chi connectivity index (χ4n) is 2.33. The lowest BCUT2D eigenvalue weighted by molar-refractivity contribution is 0.0958. The van der Waals surface area contributed by atoms with Crippen LogP contribution in [0.4, 0.5) is 0 Å². The number of hydrogen-bond acceptors (Lipinski definition) is 3. The molecular weight excluding hydrogens is 238 g/mol. The maximum atomic E-state index is 9.65. The quantitative estimate of drug-likeness (QED) is 0.478. The van der Waals surface area contributed by atoms with Gasteiger partial charge < -0.3 is 10.2 Å². The first-order chi connectivity index (χ1) is 9.24. The van der Waals surface area contributed by atoms with E-state index in [0.717, 1.165) is 13.0 Å². The molecule has 0 heterocycles. The summed E-state index contributed by atoms with van der Waals surface area (Å²) < 4.78 is 0. The van der Waals surface area contributed by atoms with Crippen molar-refractivity contribution in [1.82, 2.24) is 4.90 Å². The van der Waals surface area contributed by atoms with Gasteiger partial charge in [-0.15, -0.1) is 0 Å². The van der Waals surface area contributed by atoms with Gasteiger partial charge in [0.25, 0.3) is 0 Å². The lowest BCUT2D eigenvalue weighted by Crippen LogP contribution is -2.35. The van der Waals surface area contributed by atoms with Crippen LogP contribution in [0.15, 0.2) is 0 Å². The van der Waals surface area contributed by atoms with Gasteiger partial charge in [0.05, 0.1) is 12.7 Å². The molecule has 2 N–H and O–H groups in total. The third-order valence-electron chi connectivity index (χ3n) is 3.68. The Morgan fingerprint density at radius 1 is 0.842 bits per heavy atom. The van der Waals surface area contributed by atoms with Crippen LogP contribution in [0.3, 0.4) is 0 Å². The van der Waals surface area contributed by atoms with Crippen molar-refractivity contribution < 1.29 is 10.2 Å². The van der Waals surface area contributed by atoms with E-state index in [-0.39, 0.29) is 12.7 Å². The van der Waals surface area contributed by atoms with E-state index in [4.69, 9.17) is 5.11 Å². The molecule has 0 spiro atoms. The van der Waals surface area contributed by atoms with Gasteiger partial charge in [0.1, 0.15) is 0 Å². The summed E-state index contributed by atoms with van der Waals surface area (Å²) in [4.78, 5) is 2.19. The van der Waals surface area contributed by atoms with E-state index in [2.05, 4.69) is 11.8 Å². The molecule has 0 bridgehead atoms. The molecule has 0 aliphatic carbocycles. The molecule has 116 valence electrons. The first kappa shape index (κ1) is 18.9. The molecule has 0 radical (unpaired) electrons. The Morgan fingerprint density at radius 2 is 1.42 bits per heavy atom. The molecule has 0 aromatic rings. The number of rotatable bonds is 14. The Bertz CT molecular complexity index is 176. The lowest BCUT2D eigenvalue weighted by atomic mass is 10.1. The Balaban J connectivity index is 3.47. The van der Waals surface area contributed by atoms with Gasteiger partial charge in [0, 0.05) is 13.1 Å². The number of aliphatic hydroxyl groups excluding tert-OH is 2. The molecule has 0 aliphatic heterocycles. The zero-order chi connectivity index (χ0) is 14.3. The molecule has 1 atom stereocenters. The average Bonchev–Trinajstić information content (AvgIpc) is 2.41. The highest BCUT2D eigenvalue weighted by Gasteiger charge is 2.09. The molecular formula is C16H35NO2. The predicted octanol–water partition coefficient (Wildman–Crippen LogP) is 3.19. The Morgan fingerprint density at radius 3 is 1.95 bits per heavy atom. The first-order valence-corrected chi connectivity index (χ1v) is 8.25. The monoisotopic (exact) mass is 273 g/mol. The number of hydrogen-bond donors (Lipinski definition) is 2.